The molecule has 57 heavy (non-hydrogen) atoms. The topological polar surface area (TPSA) is 196 Å². The lowest BCUT2D eigenvalue weighted by Gasteiger charge is -2.45. The summed E-state index contributed by atoms with van der Waals surface area (Å²) in [5.74, 6) is -2.98. The maximum Gasteiger partial charge on any atom is 0.321 e. The average Bonchev–Trinajstić information content (AvgIpc) is 3.21. The van der Waals surface area contributed by atoms with Gasteiger partial charge >= 0.3 is 23.9 Å². The molecule has 2 amide bonds. The summed E-state index contributed by atoms with van der Waals surface area (Å²) in [5.41, 5.74) is 1.20. The minimum atomic E-state index is -3.81. The zero-order valence-corrected chi connectivity index (χ0v) is 35.1. The Hall–Kier alpha value is -4.25. The van der Waals surface area contributed by atoms with E-state index in [1.807, 2.05) is 45.8 Å². The Bertz CT molecular complexity index is 1840. The normalized spacial score (nSPS) is 26.6. The van der Waals surface area contributed by atoms with Gasteiger partial charge in [-0.2, -0.15) is 0 Å². The molecule has 0 aromatic heterocycles. The standard InChI is InChI=1S/C41H59N3O12S/c1-9-12-19-41(11-3)24-57(50,51)33-18-17-30(44(7)8)22-31(33)34(38(41)48)28-15-14-16-29(21-28)42-40(49)43-39-37(55-27(6)47)36(52-20-13-10-2)35(54-26(5)46)32(56-39)23-53-25(4)45/h14-18,21-22,32,34-39,48H,9-13,19-20,23-24H2,1-8H3,(H2,42,43,49)/t32-,34+,35-,36+,37-,38+,39-,41-/m1/s1. The van der Waals surface area contributed by atoms with Gasteiger partial charge in [0.2, 0.25) is 0 Å². The Morgan fingerprint density at radius 1 is 0.912 bits per heavy atom. The summed E-state index contributed by atoms with van der Waals surface area (Å²) < 4.78 is 56.9. The molecule has 4 rings (SSSR count). The van der Waals surface area contributed by atoms with E-state index < -0.39 is 81.9 Å². The van der Waals surface area contributed by atoms with E-state index in [0.717, 1.165) is 24.9 Å². The minimum absolute atomic E-state index is 0.164. The van der Waals surface area contributed by atoms with Gasteiger partial charge in [-0.1, -0.05) is 52.2 Å². The number of sulfone groups is 1. The maximum atomic E-state index is 14.1. The van der Waals surface area contributed by atoms with E-state index in [0.29, 0.717) is 36.1 Å². The van der Waals surface area contributed by atoms with Crippen LogP contribution >= 0.6 is 0 Å². The number of rotatable bonds is 16. The zero-order chi connectivity index (χ0) is 42.1. The number of anilines is 2. The highest BCUT2D eigenvalue weighted by molar-refractivity contribution is 7.91. The molecule has 2 aromatic carbocycles. The number of hydrogen-bond donors (Lipinski definition) is 3. The highest BCUT2D eigenvalue weighted by atomic mass is 32.2. The van der Waals surface area contributed by atoms with Crippen molar-refractivity contribution in [3.63, 3.8) is 0 Å². The molecule has 0 radical (unpaired) electrons. The Kier molecular flexibility index (Phi) is 15.9. The van der Waals surface area contributed by atoms with E-state index in [9.17, 15) is 32.7 Å². The van der Waals surface area contributed by atoms with Crippen molar-refractivity contribution in [3.05, 3.63) is 53.6 Å². The van der Waals surface area contributed by atoms with Crippen molar-refractivity contribution in [2.45, 2.75) is 128 Å². The van der Waals surface area contributed by atoms with Crippen LogP contribution in [0.2, 0.25) is 0 Å². The Morgan fingerprint density at radius 3 is 2.21 bits per heavy atom. The number of hydrogen-bond acceptors (Lipinski definition) is 13. The second-order valence-corrected chi connectivity index (χ2v) is 17.0. The van der Waals surface area contributed by atoms with Crippen molar-refractivity contribution in [3.8, 4) is 0 Å². The molecule has 0 bridgehead atoms. The molecule has 1 saturated heterocycles. The molecule has 0 saturated carbocycles. The number of amides is 2. The predicted octanol–water partition coefficient (Wildman–Crippen LogP) is 5.08. The number of urea groups is 1. The summed E-state index contributed by atoms with van der Waals surface area (Å²) >= 11 is 0. The predicted molar refractivity (Wildman–Crippen MR) is 213 cm³/mol. The van der Waals surface area contributed by atoms with E-state index in [2.05, 4.69) is 10.6 Å². The van der Waals surface area contributed by atoms with Gasteiger partial charge in [0.15, 0.2) is 28.3 Å². The van der Waals surface area contributed by atoms with Crippen LogP contribution in [-0.2, 0) is 47.9 Å². The third-order valence-electron chi connectivity index (χ3n) is 10.6. The van der Waals surface area contributed by atoms with Crippen LogP contribution in [0.1, 0.15) is 97.1 Å². The van der Waals surface area contributed by atoms with Crippen molar-refractivity contribution in [2.24, 2.45) is 5.41 Å². The summed E-state index contributed by atoms with van der Waals surface area (Å²) in [6.45, 7) is 9.32. The first-order chi connectivity index (χ1) is 27.0. The fraction of sp³-hybridized carbons (Fsp3) is 0.610. The van der Waals surface area contributed by atoms with Gasteiger partial charge < -0.3 is 44.3 Å². The molecule has 1 fully saturated rings. The van der Waals surface area contributed by atoms with E-state index in [-0.39, 0.29) is 23.9 Å². The largest absolute Gasteiger partial charge is 0.463 e. The quantitative estimate of drug-likeness (QED) is 0.115. The van der Waals surface area contributed by atoms with Crippen molar-refractivity contribution in [2.75, 3.05) is 43.3 Å². The van der Waals surface area contributed by atoms with Gasteiger partial charge in [0.25, 0.3) is 0 Å². The first-order valence-electron chi connectivity index (χ1n) is 19.6. The third-order valence-corrected chi connectivity index (χ3v) is 12.6. The summed E-state index contributed by atoms with van der Waals surface area (Å²) in [5, 5.41) is 17.9. The fourth-order valence-electron chi connectivity index (χ4n) is 7.68. The van der Waals surface area contributed by atoms with Gasteiger partial charge in [-0.15, -0.1) is 0 Å². The van der Waals surface area contributed by atoms with E-state index >= 15 is 0 Å². The SMILES string of the molecule is CCCCO[C@@H]1[C@@H](OC(C)=O)[C@H](NC(=O)Nc2cccc([C@H]3c4cc(N(C)C)ccc4S(=O)(=O)C[C@@](CC)(CCCC)[C@H]3O)c2)O[C@H](COC(C)=O)[C@H]1OC(C)=O. The molecule has 316 valence electrons. The number of esters is 3. The average molecular weight is 818 g/mol. The number of fused-ring (bicyclic) bond motifs is 1. The molecule has 2 aliphatic heterocycles. The Labute approximate surface area is 336 Å². The number of benzene rings is 2. The van der Waals surface area contributed by atoms with E-state index in [1.54, 1.807) is 36.4 Å². The monoisotopic (exact) mass is 817 g/mol. The van der Waals surface area contributed by atoms with Crippen LogP contribution in [0.5, 0.6) is 0 Å². The number of aliphatic hydroxyl groups is 1. The van der Waals surface area contributed by atoms with Gasteiger partial charge in [0.05, 0.1) is 16.8 Å². The van der Waals surface area contributed by atoms with Crippen LogP contribution in [0, 0.1) is 5.41 Å². The van der Waals surface area contributed by atoms with Gasteiger partial charge in [0, 0.05) is 64.2 Å². The van der Waals surface area contributed by atoms with Gasteiger partial charge in [-0.05, 0) is 60.7 Å². The molecule has 8 atom stereocenters. The number of ether oxygens (including phenoxy) is 5. The molecular weight excluding hydrogens is 759 g/mol. The number of unbranched alkanes of at least 4 members (excludes halogenated alkanes) is 2. The van der Waals surface area contributed by atoms with Crippen LogP contribution in [0.4, 0.5) is 16.2 Å². The maximum absolute atomic E-state index is 14.1. The number of carbonyl (C=O) groups is 4. The zero-order valence-electron chi connectivity index (χ0n) is 34.2. The molecule has 0 unspecified atom stereocenters. The third kappa shape index (κ3) is 11.2. The molecule has 2 aromatic rings. The molecule has 2 heterocycles. The Morgan fingerprint density at radius 2 is 1.60 bits per heavy atom. The van der Waals surface area contributed by atoms with Crippen LogP contribution in [0.3, 0.4) is 0 Å². The van der Waals surface area contributed by atoms with Crippen LogP contribution < -0.4 is 15.5 Å². The number of carbonyl (C=O) groups excluding carboxylic acids is 4. The van der Waals surface area contributed by atoms with Crippen molar-refractivity contribution in [1.82, 2.24) is 5.32 Å². The second kappa shape index (κ2) is 19.9. The van der Waals surface area contributed by atoms with Gasteiger partial charge in [-0.3, -0.25) is 14.4 Å². The first kappa shape index (κ1) is 45.5. The lowest BCUT2D eigenvalue weighted by molar-refractivity contribution is -0.258. The lowest BCUT2D eigenvalue weighted by Crippen LogP contribution is -2.66. The second-order valence-electron chi connectivity index (χ2n) is 15.1. The minimum Gasteiger partial charge on any atom is -0.463 e. The molecule has 0 spiro atoms. The van der Waals surface area contributed by atoms with Crippen molar-refractivity contribution < 1.29 is 56.4 Å². The summed E-state index contributed by atoms with van der Waals surface area (Å²) in [6.07, 6.45) is -3.22. The Balaban J connectivity index is 1.73. The first-order valence-corrected chi connectivity index (χ1v) is 21.3. The molecule has 0 aliphatic carbocycles. The van der Waals surface area contributed by atoms with Gasteiger partial charge in [0.1, 0.15) is 18.8 Å². The summed E-state index contributed by atoms with van der Waals surface area (Å²) in [7, 11) is -0.101. The van der Waals surface area contributed by atoms with E-state index in [4.69, 9.17) is 23.7 Å². The van der Waals surface area contributed by atoms with Crippen molar-refractivity contribution >= 4 is 45.2 Å². The summed E-state index contributed by atoms with van der Waals surface area (Å²) in [4.78, 5) is 52.2. The van der Waals surface area contributed by atoms with Crippen LogP contribution in [-0.4, -0.2) is 107 Å². The molecule has 15 nitrogen and oxygen atoms in total. The van der Waals surface area contributed by atoms with Gasteiger partial charge in [-0.25, -0.2) is 13.2 Å². The lowest BCUT2D eigenvalue weighted by atomic mass is 9.69. The number of nitrogens with zero attached hydrogens (tertiary/aromatic N) is 1. The number of aliphatic hydroxyl groups excluding tert-OH is 1. The van der Waals surface area contributed by atoms with Crippen LogP contribution in [0.15, 0.2) is 47.4 Å². The molecule has 2 aliphatic rings. The fourth-order valence-corrected chi connectivity index (χ4v) is 9.93. The van der Waals surface area contributed by atoms with E-state index in [1.165, 1.54) is 20.8 Å². The molecule has 16 heteroatoms. The van der Waals surface area contributed by atoms with Crippen molar-refractivity contribution in [1.29, 1.82) is 0 Å². The highest BCUT2D eigenvalue weighted by Gasteiger charge is 2.52. The number of nitrogens with one attached hydrogen (secondary N) is 2. The smallest absolute Gasteiger partial charge is 0.321 e. The summed E-state index contributed by atoms with van der Waals surface area (Å²) in [6, 6.07) is 11.3. The molecule has 3 N–H and O–H groups in total. The van der Waals surface area contributed by atoms with Crippen LogP contribution in [0.25, 0.3) is 0 Å². The molecular formula is C41H59N3O12S. The highest BCUT2D eigenvalue weighted by Crippen LogP contribution is 2.49.